The molecule has 6 heteroatoms. The highest BCUT2D eigenvalue weighted by Gasteiger charge is 2.12. The molecule has 0 aliphatic heterocycles. The van der Waals surface area contributed by atoms with Gasteiger partial charge in [-0.1, -0.05) is 23.7 Å². The predicted octanol–water partition coefficient (Wildman–Crippen LogP) is 4.55. The van der Waals surface area contributed by atoms with Crippen molar-refractivity contribution in [2.24, 2.45) is 0 Å². The van der Waals surface area contributed by atoms with E-state index in [9.17, 15) is 0 Å². The Morgan fingerprint density at radius 3 is 2.72 bits per heavy atom. The van der Waals surface area contributed by atoms with Crippen molar-refractivity contribution < 1.29 is 14.6 Å². The number of nitrogens with one attached hydrogen (secondary N) is 1. The molecule has 0 fully saturated rings. The molecular weight excluding hydrogens is 406 g/mol. The third-order valence-electron chi connectivity index (χ3n) is 3.48. The van der Waals surface area contributed by atoms with Crippen LogP contribution in [-0.4, -0.2) is 24.9 Å². The number of hydrogen-bond donors (Lipinski definition) is 2. The van der Waals surface area contributed by atoms with Crippen LogP contribution < -0.4 is 14.8 Å². The minimum atomic E-state index is 0.192. The Hall–Kier alpha value is -1.27. The van der Waals surface area contributed by atoms with Crippen LogP contribution in [-0.2, 0) is 13.2 Å². The van der Waals surface area contributed by atoms with Gasteiger partial charge < -0.3 is 19.9 Å². The number of aliphatic hydroxyl groups is 1. The van der Waals surface area contributed by atoms with Crippen LogP contribution in [0, 0.1) is 0 Å². The Labute approximate surface area is 162 Å². The molecule has 0 saturated heterocycles. The number of benzene rings is 2. The average molecular weight is 429 g/mol. The van der Waals surface area contributed by atoms with E-state index in [1.54, 1.807) is 0 Å². The van der Waals surface area contributed by atoms with Crippen LogP contribution in [0.25, 0.3) is 0 Å². The molecule has 0 amide bonds. The molecule has 0 aromatic heterocycles. The largest absolute Gasteiger partial charge is 0.490 e. The Balaban J connectivity index is 2.10. The zero-order chi connectivity index (χ0) is 18.1. The topological polar surface area (TPSA) is 50.7 Å². The molecule has 2 N–H and O–H groups in total. The summed E-state index contributed by atoms with van der Waals surface area (Å²) in [6, 6.07) is 11.6. The van der Waals surface area contributed by atoms with Gasteiger partial charge >= 0.3 is 0 Å². The molecule has 25 heavy (non-hydrogen) atoms. The quantitative estimate of drug-likeness (QED) is 0.545. The molecule has 0 saturated carbocycles. The van der Waals surface area contributed by atoms with E-state index in [0.29, 0.717) is 36.3 Å². The van der Waals surface area contributed by atoms with Crippen LogP contribution >= 0.6 is 27.5 Å². The standard InChI is InChI=1S/C19H23BrClNO3/c1-2-24-18-11-15(12-22-7-4-8-23)10-17(20)19(18)25-13-14-5-3-6-16(21)9-14/h3,5-6,9-11,22-23H,2,4,7-8,12-13H2,1H3. The van der Waals surface area contributed by atoms with Crippen molar-refractivity contribution in [2.45, 2.75) is 26.5 Å². The van der Waals surface area contributed by atoms with Crippen LogP contribution in [0.3, 0.4) is 0 Å². The number of ether oxygens (including phenoxy) is 2. The van der Waals surface area contributed by atoms with E-state index < -0.39 is 0 Å². The first kappa shape index (κ1) is 20.0. The van der Waals surface area contributed by atoms with Crippen molar-refractivity contribution >= 4 is 27.5 Å². The van der Waals surface area contributed by atoms with Gasteiger partial charge in [0.1, 0.15) is 6.61 Å². The summed E-state index contributed by atoms with van der Waals surface area (Å²) in [5, 5.41) is 12.8. The lowest BCUT2D eigenvalue weighted by atomic mass is 10.2. The second kappa shape index (κ2) is 10.7. The lowest BCUT2D eigenvalue weighted by Gasteiger charge is -2.16. The van der Waals surface area contributed by atoms with Gasteiger partial charge in [0.25, 0.3) is 0 Å². The van der Waals surface area contributed by atoms with Gasteiger partial charge in [0.2, 0.25) is 0 Å². The SMILES string of the molecule is CCOc1cc(CNCCCO)cc(Br)c1OCc1cccc(Cl)c1. The maximum absolute atomic E-state index is 8.84. The zero-order valence-electron chi connectivity index (χ0n) is 14.2. The fourth-order valence-electron chi connectivity index (χ4n) is 2.35. The lowest BCUT2D eigenvalue weighted by Crippen LogP contribution is -2.16. The Morgan fingerprint density at radius 2 is 2.00 bits per heavy atom. The molecule has 2 rings (SSSR count). The molecule has 0 heterocycles. The fourth-order valence-corrected chi connectivity index (χ4v) is 3.16. The maximum Gasteiger partial charge on any atom is 0.175 e. The molecule has 0 atom stereocenters. The van der Waals surface area contributed by atoms with E-state index in [1.165, 1.54) is 0 Å². The van der Waals surface area contributed by atoms with E-state index in [0.717, 1.165) is 28.6 Å². The molecular formula is C19H23BrClNO3. The van der Waals surface area contributed by atoms with Crippen LogP contribution in [0.1, 0.15) is 24.5 Å². The van der Waals surface area contributed by atoms with E-state index in [2.05, 4.69) is 21.2 Å². The van der Waals surface area contributed by atoms with Crippen molar-refractivity contribution in [3.8, 4) is 11.5 Å². The highest BCUT2D eigenvalue weighted by atomic mass is 79.9. The minimum Gasteiger partial charge on any atom is -0.490 e. The molecule has 2 aromatic rings. The van der Waals surface area contributed by atoms with Gasteiger partial charge in [-0.05, 0) is 71.2 Å². The Kier molecular flexibility index (Phi) is 8.55. The molecule has 0 spiro atoms. The summed E-state index contributed by atoms with van der Waals surface area (Å²) >= 11 is 9.60. The highest BCUT2D eigenvalue weighted by Crippen LogP contribution is 2.37. The van der Waals surface area contributed by atoms with E-state index >= 15 is 0 Å². The fraction of sp³-hybridized carbons (Fsp3) is 0.368. The molecule has 4 nitrogen and oxygen atoms in total. The zero-order valence-corrected chi connectivity index (χ0v) is 16.6. The van der Waals surface area contributed by atoms with Crippen molar-refractivity contribution in [3.05, 3.63) is 57.0 Å². The van der Waals surface area contributed by atoms with E-state index in [-0.39, 0.29) is 6.61 Å². The second-order valence-electron chi connectivity index (χ2n) is 5.51. The van der Waals surface area contributed by atoms with Crippen molar-refractivity contribution in [1.82, 2.24) is 5.32 Å². The molecule has 0 bridgehead atoms. The normalized spacial score (nSPS) is 10.7. The second-order valence-corrected chi connectivity index (χ2v) is 6.80. The molecule has 136 valence electrons. The van der Waals surface area contributed by atoms with E-state index in [1.807, 2.05) is 43.3 Å². The first-order chi connectivity index (χ1) is 12.1. The highest BCUT2D eigenvalue weighted by molar-refractivity contribution is 9.10. The molecule has 0 unspecified atom stereocenters. The van der Waals surface area contributed by atoms with Crippen molar-refractivity contribution in [1.29, 1.82) is 0 Å². The van der Waals surface area contributed by atoms with Crippen molar-refractivity contribution in [2.75, 3.05) is 19.8 Å². The van der Waals surface area contributed by atoms with Crippen LogP contribution in [0.5, 0.6) is 11.5 Å². The summed E-state index contributed by atoms with van der Waals surface area (Å²) in [4.78, 5) is 0. The van der Waals surface area contributed by atoms with Gasteiger partial charge in [-0.25, -0.2) is 0 Å². The smallest absolute Gasteiger partial charge is 0.175 e. The minimum absolute atomic E-state index is 0.192. The Morgan fingerprint density at radius 1 is 1.16 bits per heavy atom. The van der Waals surface area contributed by atoms with Gasteiger partial charge in [0.05, 0.1) is 11.1 Å². The lowest BCUT2D eigenvalue weighted by molar-refractivity contribution is 0.267. The van der Waals surface area contributed by atoms with E-state index in [4.69, 9.17) is 26.2 Å². The molecule has 0 aliphatic carbocycles. The van der Waals surface area contributed by atoms with Crippen LogP contribution in [0.15, 0.2) is 40.9 Å². The van der Waals surface area contributed by atoms with Gasteiger partial charge in [-0.15, -0.1) is 0 Å². The third-order valence-corrected chi connectivity index (χ3v) is 4.31. The summed E-state index contributed by atoms with van der Waals surface area (Å²) in [5.74, 6) is 1.39. The summed E-state index contributed by atoms with van der Waals surface area (Å²) in [6.07, 6.45) is 0.736. The number of hydrogen-bond acceptors (Lipinski definition) is 4. The summed E-state index contributed by atoms with van der Waals surface area (Å²) in [5.41, 5.74) is 2.08. The molecule has 0 aliphatic rings. The third kappa shape index (κ3) is 6.51. The van der Waals surface area contributed by atoms with Crippen LogP contribution in [0.4, 0.5) is 0 Å². The number of rotatable bonds is 10. The predicted molar refractivity (Wildman–Crippen MR) is 105 cm³/mol. The van der Waals surface area contributed by atoms with Crippen LogP contribution in [0.2, 0.25) is 5.02 Å². The van der Waals surface area contributed by atoms with Crippen molar-refractivity contribution in [3.63, 3.8) is 0 Å². The first-order valence-electron chi connectivity index (χ1n) is 8.28. The summed E-state index contributed by atoms with van der Waals surface area (Å²) < 4.78 is 12.6. The average Bonchev–Trinajstić information content (AvgIpc) is 2.58. The monoisotopic (exact) mass is 427 g/mol. The molecule has 0 radical (unpaired) electrons. The van der Waals surface area contributed by atoms with Gasteiger partial charge in [0, 0.05) is 18.2 Å². The van der Waals surface area contributed by atoms with Gasteiger partial charge in [-0.3, -0.25) is 0 Å². The maximum atomic E-state index is 8.84. The number of aliphatic hydroxyl groups excluding tert-OH is 1. The number of halogens is 2. The van der Waals surface area contributed by atoms with Gasteiger partial charge in [0.15, 0.2) is 11.5 Å². The summed E-state index contributed by atoms with van der Waals surface area (Å²) in [7, 11) is 0. The van der Waals surface area contributed by atoms with Gasteiger partial charge in [-0.2, -0.15) is 0 Å². The summed E-state index contributed by atoms with van der Waals surface area (Å²) in [6.45, 7) is 4.57. The first-order valence-corrected chi connectivity index (χ1v) is 9.45. The Bertz CT molecular complexity index is 682. The molecule has 2 aromatic carbocycles.